The molecule has 0 N–H and O–H groups in total. The summed E-state index contributed by atoms with van der Waals surface area (Å²) in [6, 6.07) is -0.0643. The van der Waals surface area contributed by atoms with Crippen LogP contribution in [0.3, 0.4) is 0 Å². The fourth-order valence-electron chi connectivity index (χ4n) is 4.06. The van der Waals surface area contributed by atoms with Crippen LogP contribution < -0.4 is 0 Å². The van der Waals surface area contributed by atoms with E-state index < -0.39 is 0 Å². The van der Waals surface area contributed by atoms with Gasteiger partial charge in [0, 0.05) is 13.0 Å². The van der Waals surface area contributed by atoms with Crippen molar-refractivity contribution >= 4 is 17.2 Å². The first kappa shape index (κ1) is 16.7. The van der Waals surface area contributed by atoms with Crippen LogP contribution in [0.4, 0.5) is 0 Å². The van der Waals surface area contributed by atoms with E-state index in [2.05, 4.69) is 15.2 Å². The number of hydrogen-bond donors (Lipinski definition) is 0. The molecule has 0 aromatic carbocycles. The Balaban J connectivity index is 1.43. The molecule has 6 nitrogen and oxygen atoms in total. The van der Waals surface area contributed by atoms with Gasteiger partial charge in [0.2, 0.25) is 11.8 Å². The number of amides is 1. The molecule has 0 spiro atoms. The molecule has 134 valence electrons. The van der Waals surface area contributed by atoms with Gasteiger partial charge in [-0.25, -0.2) is 4.98 Å². The number of hydrogen-bond acceptors (Lipinski definition) is 6. The fourth-order valence-corrected chi connectivity index (χ4v) is 4.78. The summed E-state index contributed by atoms with van der Waals surface area (Å²) < 4.78 is 5.91. The Labute approximate surface area is 151 Å². The third-order valence-corrected chi connectivity index (χ3v) is 6.40. The quantitative estimate of drug-likeness (QED) is 0.801. The topological polar surface area (TPSA) is 72.1 Å². The van der Waals surface area contributed by atoms with Gasteiger partial charge in [-0.3, -0.25) is 4.79 Å². The van der Waals surface area contributed by atoms with Gasteiger partial charge in [-0.2, -0.15) is 0 Å². The van der Waals surface area contributed by atoms with Gasteiger partial charge in [-0.15, -0.1) is 21.5 Å². The van der Waals surface area contributed by atoms with Gasteiger partial charge in [0.25, 0.3) is 5.89 Å². The molecule has 7 heteroatoms. The van der Waals surface area contributed by atoms with E-state index in [1.165, 1.54) is 37.0 Å². The van der Waals surface area contributed by atoms with Crippen molar-refractivity contribution in [3.05, 3.63) is 17.1 Å². The smallest absolute Gasteiger partial charge is 0.259 e. The number of thiazole rings is 1. The van der Waals surface area contributed by atoms with Crippen LogP contribution in [0.5, 0.6) is 0 Å². The highest BCUT2D eigenvalue weighted by atomic mass is 32.1. The predicted octanol–water partition coefficient (Wildman–Crippen LogP) is 4.14. The van der Waals surface area contributed by atoms with Gasteiger partial charge < -0.3 is 9.32 Å². The molecule has 0 radical (unpaired) electrons. The van der Waals surface area contributed by atoms with Gasteiger partial charge >= 0.3 is 0 Å². The van der Waals surface area contributed by atoms with E-state index in [4.69, 9.17) is 4.42 Å². The van der Waals surface area contributed by atoms with Crippen molar-refractivity contribution in [2.45, 2.75) is 64.3 Å². The first-order valence-corrected chi connectivity index (χ1v) is 10.1. The molecule has 4 rings (SSSR count). The number of nitrogens with zero attached hydrogens (tertiary/aromatic N) is 4. The minimum Gasteiger partial charge on any atom is -0.418 e. The minimum atomic E-state index is -0.0643. The third-order valence-electron chi connectivity index (χ3n) is 5.48. The lowest BCUT2D eigenvalue weighted by atomic mass is 10.0. The van der Waals surface area contributed by atoms with Crippen molar-refractivity contribution in [2.24, 2.45) is 5.92 Å². The highest BCUT2D eigenvalue weighted by molar-refractivity contribution is 7.13. The lowest BCUT2D eigenvalue weighted by Crippen LogP contribution is -2.30. The van der Waals surface area contributed by atoms with Gasteiger partial charge in [-0.05, 0) is 32.1 Å². The second kappa shape index (κ2) is 7.23. The number of aromatic nitrogens is 3. The van der Waals surface area contributed by atoms with E-state index in [0.29, 0.717) is 18.2 Å². The third kappa shape index (κ3) is 3.47. The lowest BCUT2D eigenvalue weighted by molar-refractivity contribution is -0.132. The second-order valence-corrected chi connectivity index (χ2v) is 8.00. The molecule has 1 unspecified atom stereocenters. The molecule has 1 amide bonds. The van der Waals surface area contributed by atoms with E-state index in [1.807, 2.05) is 11.8 Å². The Bertz CT molecular complexity index is 735. The highest BCUT2D eigenvalue weighted by Crippen LogP contribution is 2.35. The second-order valence-electron chi connectivity index (χ2n) is 7.15. The summed E-state index contributed by atoms with van der Waals surface area (Å²) in [7, 11) is 0. The van der Waals surface area contributed by atoms with Crippen LogP contribution in [-0.2, 0) is 4.79 Å². The maximum atomic E-state index is 12.7. The molecule has 2 aliphatic rings. The number of rotatable bonds is 5. The molecule has 1 aliphatic heterocycles. The molecule has 25 heavy (non-hydrogen) atoms. The molecule has 1 saturated carbocycles. The van der Waals surface area contributed by atoms with Crippen molar-refractivity contribution in [2.75, 3.05) is 6.54 Å². The summed E-state index contributed by atoms with van der Waals surface area (Å²) >= 11 is 1.50. The molecule has 1 saturated heterocycles. The fraction of sp³-hybridized carbons (Fsp3) is 0.667. The summed E-state index contributed by atoms with van der Waals surface area (Å²) in [5.41, 5.74) is 2.68. The van der Waals surface area contributed by atoms with Gasteiger partial charge in [-0.1, -0.05) is 25.7 Å². The van der Waals surface area contributed by atoms with Crippen LogP contribution in [0.25, 0.3) is 10.8 Å². The summed E-state index contributed by atoms with van der Waals surface area (Å²) in [5, 5.41) is 8.42. The lowest BCUT2D eigenvalue weighted by Gasteiger charge is -2.22. The van der Waals surface area contributed by atoms with Gasteiger partial charge in [0.1, 0.15) is 10.9 Å². The van der Waals surface area contributed by atoms with Crippen molar-refractivity contribution in [1.29, 1.82) is 0 Å². The number of aryl methyl sites for hydroxylation is 1. The molecular formula is C18H24N4O2S. The van der Waals surface area contributed by atoms with Crippen molar-refractivity contribution in [3.8, 4) is 10.8 Å². The monoisotopic (exact) mass is 360 g/mol. The average Bonchev–Trinajstić information content (AvgIpc) is 3.37. The van der Waals surface area contributed by atoms with Crippen LogP contribution in [0.2, 0.25) is 0 Å². The van der Waals surface area contributed by atoms with Gasteiger partial charge in [0.15, 0.2) is 0 Å². The van der Waals surface area contributed by atoms with E-state index in [1.54, 1.807) is 5.51 Å². The first-order chi connectivity index (χ1) is 12.2. The molecule has 2 aromatic rings. The van der Waals surface area contributed by atoms with E-state index in [9.17, 15) is 4.79 Å². The molecule has 1 aliphatic carbocycles. The summed E-state index contributed by atoms with van der Waals surface area (Å²) in [4.78, 5) is 19.8. The molecule has 3 heterocycles. The number of carbonyl (C=O) groups excluding carboxylic acids is 1. The molecule has 2 aromatic heterocycles. The molecule has 1 atom stereocenters. The van der Waals surface area contributed by atoms with Crippen LogP contribution in [0.1, 0.15) is 69.0 Å². The average molecular weight is 360 g/mol. The Hall–Kier alpha value is -1.76. The van der Waals surface area contributed by atoms with Crippen LogP contribution in [0, 0.1) is 12.8 Å². The first-order valence-electron chi connectivity index (χ1n) is 9.25. The maximum Gasteiger partial charge on any atom is 0.259 e. The van der Waals surface area contributed by atoms with E-state index >= 15 is 0 Å². The standard InChI is InChI=1S/C18H24N4O2S/c1-12-16(25-11-19-12)18-21-20-17(24-18)14-7-4-10-22(14)15(23)9-8-13-5-2-3-6-13/h11,13-14H,2-10H2,1H3. The zero-order valence-corrected chi connectivity index (χ0v) is 15.4. The Morgan fingerprint density at radius 2 is 2.12 bits per heavy atom. The summed E-state index contributed by atoms with van der Waals surface area (Å²) in [5.74, 6) is 2.06. The Kier molecular flexibility index (Phi) is 4.83. The van der Waals surface area contributed by atoms with Crippen molar-refractivity contribution < 1.29 is 9.21 Å². The highest BCUT2D eigenvalue weighted by Gasteiger charge is 2.34. The van der Waals surface area contributed by atoms with Crippen LogP contribution >= 0.6 is 11.3 Å². The summed E-state index contributed by atoms with van der Waals surface area (Å²) in [6.45, 7) is 2.73. The summed E-state index contributed by atoms with van der Waals surface area (Å²) in [6.07, 6.45) is 8.80. The maximum absolute atomic E-state index is 12.7. The molecular weight excluding hydrogens is 336 g/mol. The van der Waals surface area contributed by atoms with Crippen molar-refractivity contribution in [3.63, 3.8) is 0 Å². The predicted molar refractivity (Wildman–Crippen MR) is 95.0 cm³/mol. The van der Waals surface area contributed by atoms with Crippen molar-refractivity contribution in [1.82, 2.24) is 20.1 Å². The van der Waals surface area contributed by atoms with Gasteiger partial charge in [0.05, 0.1) is 11.2 Å². The number of likely N-dealkylation sites (tertiary alicyclic amines) is 1. The van der Waals surface area contributed by atoms with E-state index in [-0.39, 0.29) is 11.9 Å². The number of carbonyl (C=O) groups is 1. The SMILES string of the molecule is Cc1ncsc1-c1nnc(C2CCCN2C(=O)CCC2CCCC2)o1. The van der Waals surface area contributed by atoms with E-state index in [0.717, 1.165) is 42.3 Å². The van der Waals surface area contributed by atoms with Crippen LogP contribution in [0.15, 0.2) is 9.93 Å². The minimum absolute atomic E-state index is 0.0643. The molecule has 0 bridgehead atoms. The largest absolute Gasteiger partial charge is 0.418 e. The zero-order chi connectivity index (χ0) is 17.2. The Morgan fingerprint density at radius 3 is 2.88 bits per heavy atom. The van der Waals surface area contributed by atoms with Crippen LogP contribution in [-0.4, -0.2) is 32.5 Å². The normalized spacial score (nSPS) is 21.3. The Morgan fingerprint density at radius 1 is 1.28 bits per heavy atom. The zero-order valence-electron chi connectivity index (χ0n) is 14.6. The molecule has 2 fully saturated rings.